The van der Waals surface area contributed by atoms with Crippen LogP contribution in [0.4, 0.5) is 0 Å². The zero-order valence-electron chi connectivity index (χ0n) is 12.1. The number of aliphatic carboxylic acids is 1. The quantitative estimate of drug-likeness (QED) is 0.625. The molecule has 1 aromatic rings. The summed E-state index contributed by atoms with van der Waals surface area (Å²) >= 11 is 0. The van der Waals surface area contributed by atoms with Gasteiger partial charge in [0, 0.05) is 20.0 Å². The van der Waals surface area contributed by atoms with Gasteiger partial charge in [0.2, 0.25) is 5.91 Å². The van der Waals surface area contributed by atoms with Gasteiger partial charge in [0.15, 0.2) is 0 Å². The minimum absolute atomic E-state index is 0.127. The van der Waals surface area contributed by atoms with Crippen molar-refractivity contribution in [3.05, 3.63) is 35.9 Å². The normalized spacial score (nSPS) is 11.9. The summed E-state index contributed by atoms with van der Waals surface area (Å²) in [6, 6.07) is 8.25. The van der Waals surface area contributed by atoms with Crippen LogP contribution < -0.4 is 5.32 Å². The second-order valence-electron chi connectivity index (χ2n) is 4.50. The Morgan fingerprint density at radius 1 is 1.19 bits per heavy atom. The molecule has 6 heteroatoms. The second-order valence-corrected chi connectivity index (χ2v) is 4.50. The second kappa shape index (κ2) is 9.90. The van der Waals surface area contributed by atoms with E-state index in [1.165, 1.54) is 0 Å². The van der Waals surface area contributed by atoms with E-state index < -0.39 is 12.0 Å². The van der Waals surface area contributed by atoms with E-state index in [-0.39, 0.29) is 25.4 Å². The maximum atomic E-state index is 11.7. The van der Waals surface area contributed by atoms with Crippen molar-refractivity contribution < 1.29 is 24.2 Å². The standard InChI is InChI=1S/C15H21NO5/c1-20-9-10-21-8-7-14(17)16-13(15(18)19)11-12-5-3-2-4-6-12/h2-6,13H,7-11H2,1H3,(H,16,17)(H,18,19)/t13-/m0/s1. The van der Waals surface area contributed by atoms with Gasteiger partial charge in [0.25, 0.3) is 0 Å². The first kappa shape index (κ1) is 17.1. The van der Waals surface area contributed by atoms with E-state index in [1.807, 2.05) is 30.3 Å². The number of carboxylic acids is 1. The van der Waals surface area contributed by atoms with Gasteiger partial charge in [-0.3, -0.25) is 4.79 Å². The first-order valence-corrected chi connectivity index (χ1v) is 6.76. The molecule has 0 heterocycles. The van der Waals surface area contributed by atoms with Crippen LogP contribution >= 0.6 is 0 Å². The minimum Gasteiger partial charge on any atom is -0.480 e. The van der Waals surface area contributed by atoms with E-state index >= 15 is 0 Å². The van der Waals surface area contributed by atoms with Gasteiger partial charge in [-0.05, 0) is 5.56 Å². The van der Waals surface area contributed by atoms with Gasteiger partial charge >= 0.3 is 5.97 Å². The predicted octanol–water partition coefficient (Wildman–Crippen LogP) is 0.852. The lowest BCUT2D eigenvalue weighted by atomic mass is 10.1. The molecule has 116 valence electrons. The summed E-state index contributed by atoms with van der Waals surface area (Å²) in [6.45, 7) is 1.12. The third-order valence-corrected chi connectivity index (χ3v) is 2.82. The molecule has 1 rings (SSSR count). The highest BCUT2D eigenvalue weighted by Gasteiger charge is 2.20. The fourth-order valence-corrected chi connectivity index (χ4v) is 1.73. The lowest BCUT2D eigenvalue weighted by Crippen LogP contribution is -2.42. The van der Waals surface area contributed by atoms with Crippen molar-refractivity contribution in [2.24, 2.45) is 0 Å². The number of hydrogen-bond donors (Lipinski definition) is 2. The van der Waals surface area contributed by atoms with Crippen molar-refractivity contribution in [2.45, 2.75) is 18.9 Å². The van der Waals surface area contributed by atoms with Gasteiger partial charge in [0.05, 0.1) is 19.8 Å². The number of amides is 1. The van der Waals surface area contributed by atoms with E-state index in [0.29, 0.717) is 13.2 Å². The molecular formula is C15H21NO5. The summed E-state index contributed by atoms with van der Waals surface area (Å²) in [4.78, 5) is 22.9. The molecule has 0 aromatic heterocycles. The number of carbonyl (C=O) groups excluding carboxylic acids is 1. The lowest BCUT2D eigenvalue weighted by Gasteiger charge is -2.14. The van der Waals surface area contributed by atoms with Crippen LogP contribution in [0.1, 0.15) is 12.0 Å². The molecule has 0 saturated carbocycles. The lowest BCUT2D eigenvalue weighted by molar-refractivity contribution is -0.142. The maximum absolute atomic E-state index is 11.7. The van der Waals surface area contributed by atoms with Crippen LogP contribution in [0.3, 0.4) is 0 Å². The Kier molecular flexibility index (Phi) is 8.08. The third kappa shape index (κ3) is 7.43. The minimum atomic E-state index is -1.05. The summed E-state index contributed by atoms with van der Waals surface area (Å²) in [5, 5.41) is 11.7. The smallest absolute Gasteiger partial charge is 0.326 e. The fraction of sp³-hybridized carbons (Fsp3) is 0.467. The van der Waals surface area contributed by atoms with Gasteiger partial charge in [-0.15, -0.1) is 0 Å². The van der Waals surface area contributed by atoms with E-state index in [4.69, 9.17) is 14.6 Å². The van der Waals surface area contributed by atoms with Crippen molar-refractivity contribution in [3.63, 3.8) is 0 Å². The molecule has 2 N–H and O–H groups in total. The van der Waals surface area contributed by atoms with Gasteiger partial charge in [-0.25, -0.2) is 4.79 Å². The number of rotatable bonds is 10. The average Bonchev–Trinajstić information content (AvgIpc) is 2.47. The van der Waals surface area contributed by atoms with E-state index in [2.05, 4.69) is 5.32 Å². The molecule has 0 aliphatic carbocycles. The molecule has 0 bridgehead atoms. The number of hydrogen-bond acceptors (Lipinski definition) is 4. The van der Waals surface area contributed by atoms with Gasteiger partial charge in [-0.1, -0.05) is 30.3 Å². The van der Waals surface area contributed by atoms with Crippen molar-refractivity contribution >= 4 is 11.9 Å². The number of nitrogens with one attached hydrogen (secondary N) is 1. The van der Waals surface area contributed by atoms with Crippen LogP contribution in [0.2, 0.25) is 0 Å². The predicted molar refractivity (Wildman–Crippen MR) is 77.0 cm³/mol. The van der Waals surface area contributed by atoms with Gasteiger partial charge in [-0.2, -0.15) is 0 Å². The Labute approximate surface area is 124 Å². The van der Waals surface area contributed by atoms with Gasteiger partial charge in [0.1, 0.15) is 6.04 Å². The number of ether oxygens (including phenoxy) is 2. The third-order valence-electron chi connectivity index (χ3n) is 2.82. The highest BCUT2D eigenvalue weighted by atomic mass is 16.5. The topological polar surface area (TPSA) is 84.9 Å². The Morgan fingerprint density at radius 2 is 1.90 bits per heavy atom. The molecule has 6 nitrogen and oxygen atoms in total. The number of benzene rings is 1. The molecule has 1 atom stereocenters. The van der Waals surface area contributed by atoms with Crippen LogP contribution in [0, 0.1) is 0 Å². The molecule has 0 unspecified atom stereocenters. The zero-order chi connectivity index (χ0) is 15.5. The molecule has 1 amide bonds. The Morgan fingerprint density at radius 3 is 2.52 bits per heavy atom. The number of carboxylic acid groups (broad SMARTS) is 1. The summed E-state index contributed by atoms with van der Waals surface area (Å²) in [5.41, 5.74) is 0.863. The Bertz CT molecular complexity index is 435. The van der Waals surface area contributed by atoms with Crippen molar-refractivity contribution in [1.82, 2.24) is 5.32 Å². The van der Waals surface area contributed by atoms with E-state index in [1.54, 1.807) is 7.11 Å². The van der Waals surface area contributed by atoms with Crippen molar-refractivity contribution in [3.8, 4) is 0 Å². The molecular weight excluding hydrogens is 274 g/mol. The SMILES string of the molecule is COCCOCCC(=O)N[C@@H](Cc1ccccc1)C(=O)O. The zero-order valence-corrected chi connectivity index (χ0v) is 12.1. The fourth-order valence-electron chi connectivity index (χ4n) is 1.73. The molecule has 0 saturated heterocycles. The molecule has 21 heavy (non-hydrogen) atoms. The van der Waals surface area contributed by atoms with E-state index in [9.17, 15) is 9.59 Å². The summed E-state index contributed by atoms with van der Waals surface area (Å²) in [5.74, 6) is -1.39. The summed E-state index contributed by atoms with van der Waals surface area (Å²) in [6.07, 6.45) is 0.384. The van der Waals surface area contributed by atoms with Crippen LogP contribution in [-0.4, -0.2) is 50.0 Å². The summed E-state index contributed by atoms with van der Waals surface area (Å²) < 4.78 is 9.98. The average molecular weight is 295 g/mol. The Hall–Kier alpha value is -1.92. The molecule has 0 spiro atoms. The van der Waals surface area contributed by atoms with Crippen LogP contribution in [0.25, 0.3) is 0 Å². The maximum Gasteiger partial charge on any atom is 0.326 e. The van der Waals surface area contributed by atoms with Crippen LogP contribution in [-0.2, 0) is 25.5 Å². The number of methoxy groups -OCH3 is 1. The van der Waals surface area contributed by atoms with Crippen molar-refractivity contribution in [1.29, 1.82) is 0 Å². The highest BCUT2D eigenvalue weighted by molar-refractivity contribution is 5.83. The monoisotopic (exact) mass is 295 g/mol. The largest absolute Gasteiger partial charge is 0.480 e. The first-order valence-electron chi connectivity index (χ1n) is 6.76. The van der Waals surface area contributed by atoms with Gasteiger partial charge < -0.3 is 19.9 Å². The molecule has 1 aromatic carbocycles. The van der Waals surface area contributed by atoms with E-state index in [0.717, 1.165) is 5.56 Å². The molecule has 0 radical (unpaired) electrons. The van der Waals surface area contributed by atoms with Crippen molar-refractivity contribution in [2.75, 3.05) is 26.9 Å². The highest BCUT2D eigenvalue weighted by Crippen LogP contribution is 2.03. The van der Waals surface area contributed by atoms with Crippen LogP contribution in [0.15, 0.2) is 30.3 Å². The number of carbonyl (C=O) groups is 2. The summed E-state index contributed by atoms with van der Waals surface area (Å²) in [7, 11) is 1.57. The molecule has 0 aliphatic rings. The first-order chi connectivity index (χ1) is 10.1. The molecule has 0 fully saturated rings. The Balaban J connectivity index is 2.36. The van der Waals surface area contributed by atoms with Crippen LogP contribution in [0.5, 0.6) is 0 Å². The molecule has 0 aliphatic heterocycles.